The zero-order chi connectivity index (χ0) is 23.7. The number of piperazine rings is 1. The molecule has 0 N–H and O–H groups in total. The van der Waals surface area contributed by atoms with E-state index in [4.69, 9.17) is 16.6 Å². The number of benzene rings is 3. The Labute approximate surface area is 201 Å². The van der Waals surface area contributed by atoms with Crippen molar-refractivity contribution in [1.29, 1.82) is 0 Å². The van der Waals surface area contributed by atoms with Crippen molar-refractivity contribution in [2.75, 3.05) is 31.1 Å². The van der Waals surface area contributed by atoms with Gasteiger partial charge in [-0.1, -0.05) is 41.9 Å². The van der Waals surface area contributed by atoms with Gasteiger partial charge >= 0.3 is 0 Å². The summed E-state index contributed by atoms with van der Waals surface area (Å²) in [6.45, 7) is 2.36. The van der Waals surface area contributed by atoms with E-state index >= 15 is 0 Å². The first kappa shape index (κ1) is 21.9. The number of carbonyl (C=O) groups is 1. The highest BCUT2D eigenvalue weighted by molar-refractivity contribution is 6.31. The third kappa shape index (κ3) is 4.30. The van der Waals surface area contributed by atoms with Crippen LogP contribution < -0.4 is 4.90 Å². The highest BCUT2D eigenvalue weighted by atomic mass is 35.5. The van der Waals surface area contributed by atoms with E-state index in [9.17, 15) is 14.9 Å². The van der Waals surface area contributed by atoms with E-state index in [-0.39, 0.29) is 11.6 Å². The molecule has 5 rings (SSSR count). The summed E-state index contributed by atoms with van der Waals surface area (Å²) >= 11 is 6.25. The lowest BCUT2D eigenvalue weighted by atomic mass is 10.0. The van der Waals surface area contributed by atoms with Gasteiger partial charge in [-0.05, 0) is 36.4 Å². The predicted molar refractivity (Wildman–Crippen MR) is 133 cm³/mol. The number of rotatable bonds is 4. The van der Waals surface area contributed by atoms with E-state index in [0.29, 0.717) is 36.8 Å². The quantitative estimate of drug-likeness (QED) is 0.292. The standard InChI is InChI=1S/C26H21ClN4O3/c27-19-6-11-24-22(16-19)23(17-25(28-24)18-4-2-1-3-5-18)26(32)30-14-12-29(13-15-30)20-7-9-21(10-8-20)31(33)34/h1-11,16-17H,12-15H2. The molecular weight excluding hydrogens is 452 g/mol. The Hall–Kier alpha value is -3.97. The molecule has 0 radical (unpaired) electrons. The smallest absolute Gasteiger partial charge is 0.269 e. The van der Waals surface area contributed by atoms with Crippen molar-refractivity contribution < 1.29 is 9.72 Å². The number of nitro groups is 1. The van der Waals surface area contributed by atoms with Gasteiger partial charge in [0.1, 0.15) is 0 Å². The number of nitro benzene ring substituents is 1. The van der Waals surface area contributed by atoms with Gasteiger partial charge in [0.15, 0.2) is 0 Å². The summed E-state index contributed by atoms with van der Waals surface area (Å²) in [6, 6.07) is 23.6. The molecule has 4 aromatic rings. The van der Waals surface area contributed by atoms with Gasteiger partial charge in [0, 0.05) is 60.0 Å². The Morgan fingerprint density at radius 3 is 2.29 bits per heavy atom. The third-order valence-corrected chi connectivity index (χ3v) is 6.30. The maximum Gasteiger partial charge on any atom is 0.269 e. The van der Waals surface area contributed by atoms with E-state index in [1.54, 1.807) is 24.3 Å². The first-order chi connectivity index (χ1) is 16.5. The molecule has 7 nitrogen and oxygen atoms in total. The number of pyridine rings is 1. The highest BCUT2D eigenvalue weighted by Gasteiger charge is 2.25. The number of hydrogen-bond acceptors (Lipinski definition) is 5. The summed E-state index contributed by atoms with van der Waals surface area (Å²) in [4.78, 5) is 32.9. The van der Waals surface area contributed by atoms with Crippen molar-refractivity contribution in [3.8, 4) is 11.3 Å². The summed E-state index contributed by atoms with van der Waals surface area (Å²) < 4.78 is 0. The molecule has 0 spiro atoms. The molecule has 0 bridgehead atoms. The van der Waals surface area contributed by atoms with Crippen LogP contribution in [-0.2, 0) is 0 Å². The van der Waals surface area contributed by atoms with E-state index in [1.165, 1.54) is 12.1 Å². The molecule has 34 heavy (non-hydrogen) atoms. The Morgan fingerprint density at radius 1 is 0.912 bits per heavy atom. The van der Waals surface area contributed by atoms with Gasteiger partial charge in [-0.15, -0.1) is 0 Å². The SMILES string of the molecule is O=C(c1cc(-c2ccccc2)nc2ccc(Cl)cc12)N1CCN(c2ccc([N+](=O)[O-])cc2)CC1. The van der Waals surface area contributed by atoms with Gasteiger partial charge in [-0.25, -0.2) is 4.98 Å². The van der Waals surface area contributed by atoms with Crippen LogP contribution in [0.2, 0.25) is 5.02 Å². The largest absolute Gasteiger partial charge is 0.368 e. The number of halogens is 1. The monoisotopic (exact) mass is 472 g/mol. The molecule has 3 aromatic carbocycles. The molecule has 0 saturated carbocycles. The molecule has 1 aromatic heterocycles. The summed E-state index contributed by atoms with van der Waals surface area (Å²) in [7, 11) is 0. The lowest BCUT2D eigenvalue weighted by molar-refractivity contribution is -0.384. The minimum Gasteiger partial charge on any atom is -0.368 e. The van der Waals surface area contributed by atoms with Crippen LogP contribution in [-0.4, -0.2) is 46.9 Å². The minimum atomic E-state index is -0.407. The highest BCUT2D eigenvalue weighted by Crippen LogP contribution is 2.29. The molecule has 170 valence electrons. The van der Waals surface area contributed by atoms with Crippen molar-refractivity contribution in [1.82, 2.24) is 9.88 Å². The average Bonchev–Trinajstić information content (AvgIpc) is 2.88. The normalized spacial score (nSPS) is 13.8. The van der Waals surface area contributed by atoms with Crippen molar-refractivity contribution >= 4 is 39.8 Å². The maximum atomic E-state index is 13.6. The molecule has 0 aliphatic carbocycles. The fourth-order valence-corrected chi connectivity index (χ4v) is 4.43. The molecule has 2 heterocycles. The zero-order valence-corrected chi connectivity index (χ0v) is 19.0. The average molecular weight is 473 g/mol. The summed E-state index contributed by atoms with van der Waals surface area (Å²) in [5.74, 6) is -0.0600. The molecule has 0 atom stereocenters. The molecule has 0 unspecified atom stereocenters. The van der Waals surface area contributed by atoms with Crippen LogP contribution in [0.3, 0.4) is 0 Å². The molecular formula is C26H21ClN4O3. The third-order valence-electron chi connectivity index (χ3n) is 6.06. The van der Waals surface area contributed by atoms with Crippen molar-refractivity contribution in [2.24, 2.45) is 0 Å². The van der Waals surface area contributed by atoms with Gasteiger partial charge in [0.25, 0.3) is 11.6 Å². The summed E-state index contributed by atoms with van der Waals surface area (Å²) in [5, 5.41) is 12.2. The lowest BCUT2D eigenvalue weighted by Crippen LogP contribution is -2.48. The molecule has 8 heteroatoms. The number of hydrogen-bond donors (Lipinski definition) is 0. The van der Waals surface area contributed by atoms with Crippen LogP contribution >= 0.6 is 11.6 Å². The van der Waals surface area contributed by atoms with Crippen LogP contribution in [0.15, 0.2) is 78.9 Å². The fraction of sp³-hybridized carbons (Fsp3) is 0.154. The van der Waals surface area contributed by atoms with Gasteiger partial charge in [0.2, 0.25) is 0 Å². The van der Waals surface area contributed by atoms with Crippen molar-refractivity contribution in [3.05, 3.63) is 99.6 Å². The summed E-state index contributed by atoms with van der Waals surface area (Å²) in [5.41, 5.74) is 3.95. The number of anilines is 1. The van der Waals surface area contributed by atoms with Crippen LogP contribution in [0.4, 0.5) is 11.4 Å². The number of carbonyl (C=O) groups excluding carboxylic acids is 1. The van der Waals surface area contributed by atoms with Gasteiger partial charge in [0.05, 0.1) is 21.7 Å². The van der Waals surface area contributed by atoms with Crippen LogP contribution in [0.1, 0.15) is 10.4 Å². The van der Waals surface area contributed by atoms with Crippen LogP contribution in [0.25, 0.3) is 22.2 Å². The van der Waals surface area contributed by atoms with Gasteiger partial charge in [-0.3, -0.25) is 14.9 Å². The van der Waals surface area contributed by atoms with E-state index in [0.717, 1.165) is 27.8 Å². The molecule has 1 fully saturated rings. The minimum absolute atomic E-state index is 0.0600. The number of amides is 1. The summed E-state index contributed by atoms with van der Waals surface area (Å²) in [6.07, 6.45) is 0. The maximum absolute atomic E-state index is 13.6. The van der Waals surface area contributed by atoms with Gasteiger partial charge in [-0.2, -0.15) is 0 Å². The first-order valence-electron chi connectivity index (χ1n) is 10.9. The number of aromatic nitrogens is 1. The van der Waals surface area contributed by atoms with Crippen LogP contribution in [0.5, 0.6) is 0 Å². The van der Waals surface area contributed by atoms with Crippen LogP contribution in [0, 0.1) is 10.1 Å². The van der Waals surface area contributed by atoms with Gasteiger partial charge < -0.3 is 9.80 Å². The Bertz CT molecular complexity index is 1370. The van der Waals surface area contributed by atoms with E-state index in [1.807, 2.05) is 47.4 Å². The van der Waals surface area contributed by atoms with Crippen molar-refractivity contribution in [2.45, 2.75) is 0 Å². The Balaban J connectivity index is 1.41. The molecule has 1 saturated heterocycles. The Kier molecular flexibility index (Phi) is 5.86. The van der Waals surface area contributed by atoms with Crippen molar-refractivity contribution in [3.63, 3.8) is 0 Å². The zero-order valence-electron chi connectivity index (χ0n) is 18.2. The van der Waals surface area contributed by atoms with E-state index < -0.39 is 4.92 Å². The second-order valence-corrected chi connectivity index (χ2v) is 8.57. The molecule has 1 aliphatic rings. The topological polar surface area (TPSA) is 79.6 Å². The first-order valence-corrected chi connectivity index (χ1v) is 11.3. The molecule has 1 amide bonds. The Morgan fingerprint density at radius 2 is 1.62 bits per heavy atom. The molecule has 1 aliphatic heterocycles. The second-order valence-electron chi connectivity index (χ2n) is 8.14. The second kappa shape index (κ2) is 9.11. The number of fused-ring (bicyclic) bond motifs is 1. The predicted octanol–water partition coefficient (Wildman–Crippen LogP) is 5.43. The lowest BCUT2D eigenvalue weighted by Gasteiger charge is -2.36. The fourth-order valence-electron chi connectivity index (χ4n) is 4.25. The van der Waals surface area contributed by atoms with E-state index in [2.05, 4.69) is 4.90 Å². The number of non-ortho nitro benzene ring substituents is 1. The number of nitrogens with zero attached hydrogens (tertiary/aromatic N) is 4.